The second kappa shape index (κ2) is 10.1. The number of carbonyl (C=O) groups excluding carboxylic acids is 2. The maximum atomic E-state index is 12.8. The standard InChI is InChI=1S/C26H25FO5/c1-4-22(18-9-8-12-20(17-18)31-19-10-6-5-7-11-19)32-25(29)24-21(26(24,2)3)13-14-23(28)30-16-15-27/h1,5-14,17,21-22,24H,15-16H2,2-3H3/b14-13-/t21-,22?,24-/m0/s1. The topological polar surface area (TPSA) is 61.8 Å². The van der Waals surface area contributed by atoms with Gasteiger partial charge in [0.1, 0.15) is 24.8 Å². The average Bonchev–Trinajstić information content (AvgIpc) is 3.35. The number of hydrogen-bond donors (Lipinski definition) is 0. The van der Waals surface area contributed by atoms with E-state index in [4.69, 9.17) is 15.9 Å². The van der Waals surface area contributed by atoms with Crippen molar-refractivity contribution >= 4 is 11.9 Å². The number of alkyl halides is 1. The first-order valence-electron chi connectivity index (χ1n) is 10.3. The highest BCUT2D eigenvalue weighted by Crippen LogP contribution is 2.59. The molecule has 0 bridgehead atoms. The summed E-state index contributed by atoms with van der Waals surface area (Å²) in [4.78, 5) is 24.4. The van der Waals surface area contributed by atoms with E-state index in [1.54, 1.807) is 30.3 Å². The summed E-state index contributed by atoms with van der Waals surface area (Å²) in [7, 11) is 0. The molecule has 0 N–H and O–H groups in total. The van der Waals surface area contributed by atoms with Gasteiger partial charge in [-0.05, 0) is 35.6 Å². The number of terminal acetylenes is 1. The van der Waals surface area contributed by atoms with E-state index in [2.05, 4.69) is 10.7 Å². The van der Waals surface area contributed by atoms with Crippen LogP contribution in [-0.4, -0.2) is 25.2 Å². The summed E-state index contributed by atoms with van der Waals surface area (Å²) in [5.41, 5.74) is 0.223. The van der Waals surface area contributed by atoms with E-state index in [0.717, 1.165) is 0 Å². The quantitative estimate of drug-likeness (QED) is 0.313. The van der Waals surface area contributed by atoms with Crippen molar-refractivity contribution in [2.45, 2.75) is 20.0 Å². The Labute approximate surface area is 187 Å². The first kappa shape index (κ1) is 23.1. The fourth-order valence-electron chi connectivity index (χ4n) is 3.61. The van der Waals surface area contributed by atoms with Gasteiger partial charge in [0, 0.05) is 11.6 Å². The first-order chi connectivity index (χ1) is 15.4. The van der Waals surface area contributed by atoms with Crippen LogP contribution in [0.1, 0.15) is 25.5 Å². The molecule has 0 amide bonds. The van der Waals surface area contributed by atoms with Crippen LogP contribution in [0, 0.1) is 29.6 Å². The highest BCUT2D eigenvalue weighted by atomic mass is 19.1. The molecule has 0 heterocycles. The number of hydrogen-bond acceptors (Lipinski definition) is 5. The minimum absolute atomic E-state index is 0.209. The monoisotopic (exact) mass is 436 g/mol. The molecule has 1 aliphatic rings. The molecule has 1 fully saturated rings. The van der Waals surface area contributed by atoms with Gasteiger partial charge in [-0.25, -0.2) is 9.18 Å². The molecule has 6 heteroatoms. The summed E-state index contributed by atoms with van der Waals surface area (Å²) in [5.74, 6) is 2.01. The molecule has 166 valence electrons. The highest BCUT2D eigenvalue weighted by Gasteiger charge is 2.61. The van der Waals surface area contributed by atoms with E-state index in [0.29, 0.717) is 17.1 Å². The van der Waals surface area contributed by atoms with Gasteiger partial charge in [-0.15, -0.1) is 6.42 Å². The number of ether oxygens (including phenoxy) is 3. The molecule has 2 aromatic rings. The second-order valence-electron chi connectivity index (χ2n) is 8.01. The molecule has 3 atom stereocenters. The van der Waals surface area contributed by atoms with Crippen molar-refractivity contribution in [1.29, 1.82) is 0 Å². The van der Waals surface area contributed by atoms with Crippen LogP contribution in [0.5, 0.6) is 11.5 Å². The smallest absolute Gasteiger partial charge is 0.330 e. The summed E-state index contributed by atoms with van der Waals surface area (Å²) >= 11 is 0. The van der Waals surface area contributed by atoms with Gasteiger partial charge in [0.2, 0.25) is 0 Å². The molecule has 0 aromatic heterocycles. The molecule has 2 aromatic carbocycles. The third-order valence-corrected chi connectivity index (χ3v) is 5.45. The molecular weight excluding hydrogens is 411 g/mol. The Morgan fingerprint density at radius 3 is 2.56 bits per heavy atom. The lowest BCUT2D eigenvalue weighted by molar-refractivity contribution is -0.149. The minimum atomic E-state index is -0.877. The van der Waals surface area contributed by atoms with Crippen molar-refractivity contribution in [3.63, 3.8) is 0 Å². The molecule has 0 spiro atoms. The average molecular weight is 436 g/mol. The fraction of sp³-hybridized carbons (Fsp3) is 0.308. The Hall–Kier alpha value is -3.59. The van der Waals surface area contributed by atoms with Gasteiger partial charge >= 0.3 is 11.9 Å². The first-order valence-corrected chi connectivity index (χ1v) is 10.3. The summed E-state index contributed by atoms with van der Waals surface area (Å²) in [6.07, 6.45) is 7.60. The zero-order chi connectivity index (χ0) is 23.1. The Morgan fingerprint density at radius 2 is 1.88 bits per heavy atom. The Kier molecular flexibility index (Phi) is 7.32. The van der Waals surface area contributed by atoms with Crippen LogP contribution in [0.25, 0.3) is 0 Å². The van der Waals surface area contributed by atoms with Crippen LogP contribution < -0.4 is 4.74 Å². The maximum Gasteiger partial charge on any atom is 0.330 e. The number of para-hydroxylation sites is 1. The van der Waals surface area contributed by atoms with Crippen LogP contribution in [0.4, 0.5) is 4.39 Å². The molecule has 0 radical (unpaired) electrons. The van der Waals surface area contributed by atoms with Crippen LogP contribution in [0.3, 0.4) is 0 Å². The molecule has 1 aliphatic carbocycles. The van der Waals surface area contributed by atoms with E-state index in [1.165, 1.54) is 6.08 Å². The third kappa shape index (κ3) is 5.55. The number of carbonyl (C=O) groups is 2. The minimum Gasteiger partial charge on any atom is -0.460 e. The second-order valence-corrected chi connectivity index (χ2v) is 8.01. The number of allylic oxidation sites excluding steroid dienone is 1. The summed E-state index contributed by atoms with van der Waals surface area (Å²) < 4.78 is 28.2. The summed E-state index contributed by atoms with van der Waals surface area (Å²) in [6, 6.07) is 16.4. The van der Waals surface area contributed by atoms with Crippen molar-refractivity contribution in [2.75, 3.05) is 13.3 Å². The predicted molar refractivity (Wildman–Crippen MR) is 117 cm³/mol. The normalized spacial score (nSPS) is 19.6. The van der Waals surface area contributed by atoms with Crippen LogP contribution >= 0.6 is 0 Å². The van der Waals surface area contributed by atoms with Gasteiger partial charge in [-0.1, -0.05) is 56.2 Å². The van der Waals surface area contributed by atoms with Gasteiger partial charge in [0.05, 0.1) is 5.92 Å². The van der Waals surface area contributed by atoms with Gasteiger partial charge in [-0.3, -0.25) is 4.79 Å². The molecule has 5 nitrogen and oxygen atoms in total. The van der Waals surface area contributed by atoms with Crippen LogP contribution in [0.2, 0.25) is 0 Å². The lowest BCUT2D eigenvalue weighted by Crippen LogP contribution is -2.14. The zero-order valence-electron chi connectivity index (χ0n) is 18.0. The number of halogens is 1. The van der Waals surface area contributed by atoms with Crippen LogP contribution in [-0.2, 0) is 19.1 Å². The number of rotatable bonds is 9. The maximum absolute atomic E-state index is 12.8. The summed E-state index contributed by atoms with van der Waals surface area (Å²) in [6.45, 7) is 2.77. The van der Waals surface area contributed by atoms with Gasteiger partial charge in [0.25, 0.3) is 0 Å². The van der Waals surface area contributed by atoms with E-state index >= 15 is 0 Å². The third-order valence-electron chi connectivity index (χ3n) is 5.45. The number of benzene rings is 2. The predicted octanol–water partition coefficient (Wildman–Crippen LogP) is 5.04. The van der Waals surface area contributed by atoms with Crippen molar-refractivity contribution in [1.82, 2.24) is 0 Å². The Bertz CT molecular complexity index is 1020. The lowest BCUT2D eigenvalue weighted by Gasteiger charge is -2.15. The molecule has 1 unspecified atom stereocenters. The van der Waals surface area contributed by atoms with Gasteiger partial charge < -0.3 is 14.2 Å². The summed E-state index contributed by atoms with van der Waals surface area (Å²) in [5, 5.41) is 0. The largest absolute Gasteiger partial charge is 0.460 e. The van der Waals surface area contributed by atoms with Gasteiger partial charge in [-0.2, -0.15) is 0 Å². The highest BCUT2D eigenvalue weighted by molar-refractivity contribution is 5.83. The molecule has 0 aliphatic heterocycles. The molecule has 1 saturated carbocycles. The Balaban J connectivity index is 1.65. The van der Waals surface area contributed by atoms with E-state index in [-0.39, 0.29) is 12.5 Å². The van der Waals surface area contributed by atoms with Crippen molar-refractivity contribution in [3.8, 4) is 23.8 Å². The molecule has 0 saturated heterocycles. The Morgan fingerprint density at radius 1 is 1.16 bits per heavy atom. The van der Waals surface area contributed by atoms with Crippen molar-refractivity contribution in [2.24, 2.45) is 17.3 Å². The molecule has 3 rings (SSSR count). The van der Waals surface area contributed by atoms with Crippen LogP contribution in [0.15, 0.2) is 66.7 Å². The van der Waals surface area contributed by atoms with E-state index in [9.17, 15) is 14.0 Å². The molecular formula is C26H25FO5. The fourth-order valence-corrected chi connectivity index (χ4v) is 3.61. The van der Waals surface area contributed by atoms with Gasteiger partial charge in [0.15, 0.2) is 6.10 Å². The zero-order valence-corrected chi connectivity index (χ0v) is 18.0. The molecule has 32 heavy (non-hydrogen) atoms. The lowest BCUT2D eigenvalue weighted by atomic mass is 10.1. The number of esters is 2. The SMILES string of the molecule is C#CC(OC(=O)[C@@H]1[C@H](/C=C\C(=O)OCCF)C1(C)C)c1cccc(Oc2ccccc2)c1. The van der Waals surface area contributed by atoms with Crippen molar-refractivity contribution in [3.05, 3.63) is 72.3 Å². The van der Waals surface area contributed by atoms with E-state index in [1.807, 2.05) is 44.2 Å². The van der Waals surface area contributed by atoms with Crippen molar-refractivity contribution < 1.29 is 28.2 Å². The van der Waals surface area contributed by atoms with E-state index < -0.39 is 36.1 Å².